The monoisotopic (exact) mass is 397 g/mol. The SMILES string of the molecule is CN1CCN(c2cc3c(cc2NC(=O)c2ccccc2F)n(C)c(=O)n3C)CC1. The smallest absolute Gasteiger partial charge is 0.328 e. The van der Waals surface area contributed by atoms with Gasteiger partial charge in [-0.2, -0.15) is 0 Å². The number of hydrogen-bond acceptors (Lipinski definition) is 4. The first kappa shape index (κ1) is 19.2. The van der Waals surface area contributed by atoms with E-state index >= 15 is 0 Å². The summed E-state index contributed by atoms with van der Waals surface area (Å²) >= 11 is 0. The molecule has 0 aliphatic carbocycles. The van der Waals surface area contributed by atoms with Gasteiger partial charge in [-0.25, -0.2) is 9.18 Å². The van der Waals surface area contributed by atoms with Gasteiger partial charge in [0, 0.05) is 40.3 Å². The number of piperazine rings is 1. The third kappa shape index (κ3) is 3.40. The third-order valence-electron chi connectivity index (χ3n) is 5.60. The summed E-state index contributed by atoms with van der Waals surface area (Å²) in [4.78, 5) is 29.6. The quantitative estimate of drug-likeness (QED) is 0.735. The molecule has 1 fully saturated rings. The number of fused-ring (bicyclic) bond motifs is 1. The molecule has 1 N–H and O–H groups in total. The predicted molar refractivity (Wildman–Crippen MR) is 112 cm³/mol. The molecule has 1 aromatic heterocycles. The number of likely N-dealkylation sites (N-methyl/N-ethyl adjacent to an activating group) is 1. The van der Waals surface area contributed by atoms with Crippen LogP contribution in [0, 0.1) is 5.82 Å². The molecule has 1 aliphatic rings. The summed E-state index contributed by atoms with van der Waals surface area (Å²) in [6.45, 7) is 3.38. The van der Waals surface area contributed by atoms with Crippen molar-refractivity contribution in [2.24, 2.45) is 14.1 Å². The maximum Gasteiger partial charge on any atom is 0.328 e. The van der Waals surface area contributed by atoms with Gasteiger partial charge in [-0.3, -0.25) is 13.9 Å². The van der Waals surface area contributed by atoms with Crippen molar-refractivity contribution in [3.63, 3.8) is 0 Å². The average Bonchev–Trinajstić information content (AvgIpc) is 2.92. The van der Waals surface area contributed by atoms with Gasteiger partial charge < -0.3 is 15.1 Å². The van der Waals surface area contributed by atoms with E-state index in [9.17, 15) is 14.0 Å². The lowest BCUT2D eigenvalue weighted by Crippen LogP contribution is -2.44. The van der Waals surface area contributed by atoms with Crippen LogP contribution in [0.25, 0.3) is 11.0 Å². The number of carbonyl (C=O) groups excluding carboxylic acids is 1. The molecule has 0 saturated carbocycles. The number of nitrogens with zero attached hydrogens (tertiary/aromatic N) is 4. The Morgan fingerprint density at radius 2 is 1.59 bits per heavy atom. The zero-order chi connectivity index (χ0) is 20.7. The minimum atomic E-state index is -0.570. The van der Waals surface area contributed by atoms with E-state index in [2.05, 4.69) is 22.2 Å². The summed E-state index contributed by atoms with van der Waals surface area (Å²) in [5.74, 6) is -1.09. The molecular formula is C21H24FN5O2. The first-order valence-corrected chi connectivity index (χ1v) is 9.55. The number of rotatable bonds is 3. The number of aryl methyl sites for hydroxylation is 2. The maximum absolute atomic E-state index is 14.1. The number of aromatic nitrogens is 2. The van der Waals surface area contributed by atoms with E-state index in [1.165, 1.54) is 12.1 Å². The molecule has 2 heterocycles. The molecule has 4 rings (SSSR count). The van der Waals surface area contributed by atoms with Crippen LogP contribution < -0.4 is 15.9 Å². The molecule has 0 spiro atoms. The minimum absolute atomic E-state index is 0.0149. The molecule has 0 unspecified atom stereocenters. The second kappa shape index (κ2) is 7.36. The Balaban J connectivity index is 1.81. The van der Waals surface area contributed by atoms with Crippen molar-refractivity contribution in [2.75, 3.05) is 43.4 Å². The van der Waals surface area contributed by atoms with E-state index < -0.39 is 11.7 Å². The Labute approximate surface area is 167 Å². The highest BCUT2D eigenvalue weighted by Gasteiger charge is 2.22. The number of halogens is 1. The van der Waals surface area contributed by atoms with Crippen LogP contribution in [0.5, 0.6) is 0 Å². The Bertz CT molecular complexity index is 1140. The molecule has 1 saturated heterocycles. The second-order valence-corrected chi connectivity index (χ2v) is 7.48. The highest BCUT2D eigenvalue weighted by Crippen LogP contribution is 2.32. The molecule has 152 valence electrons. The van der Waals surface area contributed by atoms with Crippen molar-refractivity contribution in [2.45, 2.75) is 0 Å². The first-order valence-electron chi connectivity index (χ1n) is 9.55. The zero-order valence-electron chi connectivity index (χ0n) is 16.8. The van der Waals surface area contributed by atoms with Gasteiger partial charge in [0.15, 0.2) is 0 Å². The largest absolute Gasteiger partial charge is 0.367 e. The van der Waals surface area contributed by atoms with Crippen LogP contribution >= 0.6 is 0 Å². The van der Waals surface area contributed by atoms with E-state index in [0.29, 0.717) is 11.2 Å². The molecule has 3 aromatic rings. The summed E-state index contributed by atoms with van der Waals surface area (Å²) in [5.41, 5.74) is 2.74. The van der Waals surface area contributed by atoms with Crippen molar-refractivity contribution in [1.29, 1.82) is 0 Å². The van der Waals surface area contributed by atoms with Crippen molar-refractivity contribution in [3.8, 4) is 0 Å². The summed E-state index contributed by atoms with van der Waals surface area (Å²) in [6, 6.07) is 9.62. The molecule has 8 heteroatoms. The average molecular weight is 397 g/mol. The number of imidazole rings is 1. The van der Waals surface area contributed by atoms with E-state index in [1.54, 1.807) is 41.4 Å². The number of anilines is 2. The number of amides is 1. The summed E-state index contributed by atoms with van der Waals surface area (Å²) in [6.07, 6.45) is 0. The van der Waals surface area contributed by atoms with Gasteiger partial charge in [0.25, 0.3) is 5.91 Å². The van der Waals surface area contributed by atoms with Crippen LogP contribution in [-0.2, 0) is 14.1 Å². The Morgan fingerprint density at radius 1 is 0.966 bits per heavy atom. The van der Waals surface area contributed by atoms with Crippen LogP contribution in [-0.4, -0.2) is 53.2 Å². The van der Waals surface area contributed by atoms with Crippen molar-refractivity contribution in [1.82, 2.24) is 14.0 Å². The van der Waals surface area contributed by atoms with Gasteiger partial charge in [0.05, 0.1) is 28.0 Å². The molecule has 1 aliphatic heterocycles. The van der Waals surface area contributed by atoms with Gasteiger partial charge in [-0.15, -0.1) is 0 Å². The van der Waals surface area contributed by atoms with Gasteiger partial charge in [0.2, 0.25) is 0 Å². The first-order chi connectivity index (χ1) is 13.9. The molecule has 0 radical (unpaired) electrons. The van der Waals surface area contributed by atoms with Gasteiger partial charge in [-0.05, 0) is 31.3 Å². The van der Waals surface area contributed by atoms with Gasteiger partial charge in [-0.1, -0.05) is 12.1 Å². The Hall–Kier alpha value is -3.13. The number of carbonyl (C=O) groups is 1. The van der Waals surface area contributed by atoms with Crippen LogP contribution in [0.1, 0.15) is 10.4 Å². The maximum atomic E-state index is 14.1. The summed E-state index contributed by atoms with van der Waals surface area (Å²) in [5, 5.41) is 2.87. The fourth-order valence-corrected chi connectivity index (χ4v) is 3.78. The zero-order valence-corrected chi connectivity index (χ0v) is 16.8. The van der Waals surface area contributed by atoms with Crippen molar-refractivity contribution in [3.05, 3.63) is 58.3 Å². The molecule has 0 atom stereocenters. The van der Waals surface area contributed by atoms with Crippen LogP contribution in [0.15, 0.2) is 41.2 Å². The molecule has 2 aromatic carbocycles. The van der Waals surface area contributed by atoms with E-state index in [1.807, 2.05) is 6.07 Å². The van der Waals surface area contributed by atoms with E-state index in [4.69, 9.17) is 0 Å². The topological polar surface area (TPSA) is 62.5 Å². The van der Waals surface area contributed by atoms with Crippen LogP contribution in [0.3, 0.4) is 0 Å². The Kier molecular flexibility index (Phi) is 4.87. The number of nitrogens with one attached hydrogen (secondary N) is 1. The Morgan fingerprint density at radius 3 is 2.24 bits per heavy atom. The summed E-state index contributed by atoms with van der Waals surface area (Å²) < 4.78 is 17.2. The fraction of sp³-hybridized carbons (Fsp3) is 0.333. The number of benzene rings is 2. The minimum Gasteiger partial charge on any atom is -0.367 e. The van der Waals surface area contributed by atoms with Gasteiger partial charge in [0.1, 0.15) is 5.82 Å². The van der Waals surface area contributed by atoms with Crippen molar-refractivity contribution < 1.29 is 9.18 Å². The highest BCUT2D eigenvalue weighted by atomic mass is 19.1. The van der Waals surface area contributed by atoms with Crippen LogP contribution in [0.2, 0.25) is 0 Å². The third-order valence-corrected chi connectivity index (χ3v) is 5.60. The molecule has 1 amide bonds. The number of hydrogen-bond donors (Lipinski definition) is 1. The molecule has 0 bridgehead atoms. The van der Waals surface area contributed by atoms with Gasteiger partial charge >= 0.3 is 5.69 Å². The van der Waals surface area contributed by atoms with Crippen molar-refractivity contribution >= 4 is 28.3 Å². The lowest BCUT2D eigenvalue weighted by atomic mass is 10.1. The lowest BCUT2D eigenvalue weighted by molar-refractivity contribution is 0.102. The van der Waals surface area contributed by atoms with Crippen LogP contribution in [0.4, 0.5) is 15.8 Å². The highest BCUT2D eigenvalue weighted by molar-refractivity contribution is 6.07. The standard InChI is InChI=1S/C21H24FN5O2/c1-24-8-10-27(11-9-24)17-13-19-18(25(2)21(29)26(19)3)12-16(17)23-20(28)14-6-4-5-7-15(14)22/h4-7,12-13H,8-11H2,1-3H3,(H,23,28). The predicted octanol–water partition coefficient (Wildman–Crippen LogP) is 2.02. The lowest BCUT2D eigenvalue weighted by Gasteiger charge is -2.35. The molecule has 7 nitrogen and oxygen atoms in total. The fourth-order valence-electron chi connectivity index (χ4n) is 3.78. The van der Waals surface area contributed by atoms with E-state index in [-0.39, 0.29) is 11.3 Å². The summed E-state index contributed by atoms with van der Waals surface area (Å²) in [7, 11) is 5.50. The van der Waals surface area contributed by atoms with E-state index in [0.717, 1.165) is 37.4 Å². The molecule has 29 heavy (non-hydrogen) atoms. The molecular weight excluding hydrogens is 373 g/mol. The second-order valence-electron chi connectivity index (χ2n) is 7.48. The normalized spacial score (nSPS) is 15.1.